The Morgan fingerprint density at radius 2 is 2.00 bits per heavy atom. The highest BCUT2D eigenvalue weighted by Gasteiger charge is 2.15. The van der Waals surface area contributed by atoms with Crippen molar-refractivity contribution in [1.29, 1.82) is 0 Å². The van der Waals surface area contributed by atoms with Gasteiger partial charge in [0.1, 0.15) is 0 Å². The van der Waals surface area contributed by atoms with Gasteiger partial charge in [-0.1, -0.05) is 18.5 Å². The molecule has 0 N–H and O–H groups in total. The summed E-state index contributed by atoms with van der Waals surface area (Å²) in [5.74, 6) is 0. The maximum absolute atomic E-state index is 5.90. The number of alkyl halides is 1. The number of halogens is 1. The van der Waals surface area contributed by atoms with Gasteiger partial charge in [0.15, 0.2) is 5.00 Å². The first-order valence-corrected chi connectivity index (χ1v) is 3.96. The highest BCUT2D eigenvalue weighted by Crippen LogP contribution is 2.20. The van der Waals surface area contributed by atoms with E-state index in [1.54, 1.807) is 0 Å². The SMILES string of the molecule is CCC(C)(Cl)N=NC(C)C. The summed E-state index contributed by atoms with van der Waals surface area (Å²) in [6, 6.07) is 0.240. The van der Waals surface area contributed by atoms with Crippen LogP contribution in [0.4, 0.5) is 0 Å². The second-order valence-electron chi connectivity index (χ2n) is 2.81. The fourth-order valence-corrected chi connectivity index (χ4v) is 0.350. The summed E-state index contributed by atoms with van der Waals surface area (Å²) in [6.45, 7) is 7.81. The summed E-state index contributed by atoms with van der Waals surface area (Å²) >= 11 is 5.90. The maximum Gasteiger partial charge on any atom is 0.151 e. The largest absolute Gasteiger partial charge is 0.190 e. The number of azo groups is 1. The van der Waals surface area contributed by atoms with Gasteiger partial charge in [0.25, 0.3) is 0 Å². The summed E-state index contributed by atoms with van der Waals surface area (Å²) in [5, 5.41) is 7.92. The van der Waals surface area contributed by atoms with E-state index in [0.717, 1.165) is 6.42 Å². The monoisotopic (exact) mass is 162 g/mol. The molecular formula is C7H15ClN2. The summed E-state index contributed by atoms with van der Waals surface area (Å²) in [6.07, 6.45) is 0.810. The smallest absolute Gasteiger partial charge is 0.151 e. The molecule has 0 bridgehead atoms. The molecule has 0 aromatic rings. The van der Waals surface area contributed by atoms with Crippen LogP contribution in [0.25, 0.3) is 0 Å². The number of nitrogens with zero attached hydrogens (tertiary/aromatic N) is 2. The van der Waals surface area contributed by atoms with Crippen molar-refractivity contribution < 1.29 is 0 Å². The molecule has 10 heavy (non-hydrogen) atoms. The van der Waals surface area contributed by atoms with Crippen LogP contribution in [0.3, 0.4) is 0 Å². The average Bonchev–Trinajstić information content (AvgIpc) is 1.85. The standard InChI is InChI=1S/C7H15ClN2/c1-5-7(4,8)10-9-6(2)3/h6H,5H2,1-4H3. The lowest BCUT2D eigenvalue weighted by Crippen LogP contribution is -2.10. The van der Waals surface area contributed by atoms with E-state index in [4.69, 9.17) is 11.6 Å². The molecule has 3 heteroatoms. The quantitative estimate of drug-likeness (QED) is 0.346. The second-order valence-corrected chi connectivity index (χ2v) is 3.62. The Morgan fingerprint density at radius 1 is 1.50 bits per heavy atom. The van der Waals surface area contributed by atoms with Gasteiger partial charge in [0.05, 0.1) is 6.04 Å². The normalized spacial score (nSPS) is 18.2. The molecule has 0 aliphatic heterocycles. The Kier molecular flexibility index (Phi) is 3.87. The minimum Gasteiger partial charge on any atom is -0.190 e. The molecule has 0 radical (unpaired) electrons. The zero-order chi connectivity index (χ0) is 8.20. The van der Waals surface area contributed by atoms with E-state index in [1.807, 2.05) is 27.7 Å². The van der Waals surface area contributed by atoms with Gasteiger partial charge < -0.3 is 0 Å². The van der Waals surface area contributed by atoms with Crippen molar-refractivity contribution in [2.24, 2.45) is 10.2 Å². The molecular weight excluding hydrogens is 148 g/mol. The van der Waals surface area contributed by atoms with Crippen LogP contribution in [-0.4, -0.2) is 11.0 Å². The molecule has 0 aromatic carbocycles. The van der Waals surface area contributed by atoms with E-state index in [2.05, 4.69) is 10.2 Å². The predicted octanol–water partition coefficient (Wildman–Crippen LogP) is 3.21. The molecule has 0 saturated heterocycles. The van der Waals surface area contributed by atoms with E-state index < -0.39 is 5.00 Å². The second kappa shape index (κ2) is 3.91. The minimum atomic E-state index is -0.496. The first-order valence-electron chi connectivity index (χ1n) is 3.59. The Morgan fingerprint density at radius 3 is 2.30 bits per heavy atom. The average molecular weight is 163 g/mol. The molecule has 0 saturated carbocycles. The van der Waals surface area contributed by atoms with E-state index in [1.165, 1.54) is 0 Å². The van der Waals surface area contributed by atoms with Crippen molar-refractivity contribution in [2.45, 2.75) is 45.2 Å². The van der Waals surface area contributed by atoms with Crippen LogP contribution in [0, 0.1) is 0 Å². The summed E-state index contributed by atoms with van der Waals surface area (Å²) < 4.78 is 0. The molecule has 0 rings (SSSR count). The van der Waals surface area contributed by atoms with Gasteiger partial charge in [0.2, 0.25) is 0 Å². The van der Waals surface area contributed by atoms with Crippen molar-refractivity contribution in [3.63, 3.8) is 0 Å². The molecule has 0 aromatic heterocycles. The number of hydrogen-bond donors (Lipinski definition) is 0. The maximum atomic E-state index is 5.90. The van der Waals surface area contributed by atoms with Crippen molar-refractivity contribution >= 4 is 11.6 Å². The lowest BCUT2D eigenvalue weighted by atomic mass is 10.3. The Hall–Kier alpha value is -0.110. The van der Waals surface area contributed by atoms with Gasteiger partial charge in [-0.25, -0.2) is 0 Å². The molecule has 60 valence electrons. The topological polar surface area (TPSA) is 24.7 Å². The third kappa shape index (κ3) is 4.74. The van der Waals surface area contributed by atoms with Crippen LogP contribution in [0.1, 0.15) is 34.1 Å². The van der Waals surface area contributed by atoms with Crippen LogP contribution < -0.4 is 0 Å². The van der Waals surface area contributed by atoms with Crippen molar-refractivity contribution in [2.75, 3.05) is 0 Å². The van der Waals surface area contributed by atoms with Crippen LogP contribution in [0.2, 0.25) is 0 Å². The zero-order valence-corrected chi connectivity index (χ0v) is 7.81. The third-order valence-electron chi connectivity index (χ3n) is 1.14. The van der Waals surface area contributed by atoms with Gasteiger partial charge in [-0.05, 0) is 27.2 Å². The van der Waals surface area contributed by atoms with Crippen LogP contribution in [-0.2, 0) is 0 Å². The van der Waals surface area contributed by atoms with E-state index in [0.29, 0.717) is 0 Å². The molecule has 0 amide bonds. The van der Waals surface area contributed by atoms with Gasteiger partial charge >= 0.3 is 0 Å². The fourth-order valence-electron chi connectivity index (χ4n) is 0.307. The highest BCUT2D eigenvalue weighted by atomic mass is 35.5. The summed E-state index contributed by atoms with van der Waals surface area (Å²) in [4.78, 5) is -0.496. The zero-order valence-electron chi connectivity index (χ0n) is 7.06. The van der Waals surface area contributed by atoms with E-state index in [9.17, 15) is 0 Å². The minimum absolute atomic E-state index is 0.240. The van der Waals surface area contributed by atoms with Gasteiger partial charge in [0, 0.05) is 0 Å². The van der Waals surface area contributed by atoms with E-state index >= 15 is 0 Å². The first-order chi connectivity index (χ1) is 4.48. The highest BCUT2D eigenvalue weighted by molar-refractivity contribution is 6.23. The van der Waals surface area contributed by atoms with Gasteiger partial charge in [-0.15, -0.1) is 0 Å². The van der Waals surface area contributed by atoms with Crippen LogP contribution >= 0.6 is 11.6 Å². The molecule has 0 spiro atoms. The molecule has 0 heterocycles. The van der Waals surface area contributed by atoms with Crippen LogP contribution in [0.5, 0.6) is 0 Å². The lowest BCUT2D eigenvalue weighted by molar-refractivity contribution is 0.572. The lowest BCUT2D eigenvalue weighted by Gasteiger charge is -2.11. The van der Waals surface area contributed by atoms with Gasteiger partial charge in [-0.3, -0.25) is 0 Å². The molecule has 2 nitrogen and oxygen atoms in total. The molecule has 0 fully saturated rings. The van der Waals surface area contributed by atoms with Crippen molar-refractivity contribution in [1.82, 2.24) is 0 Å². The Labute approximate surface area is 67.7 Å². The van der Waals surface area contributed by atoms with Crippen LogP contribution in [0.15, 0.2) is 10.2 Å². The molecule has 1 unspecified atom stereocenters. The Balaban J connectivity index is 3.86. The van der Waals surface area contributed by atoms with Crippen molar-refractivity contribution in [3.05, 3.63) is 0 Å². The Bertz CT molecular complexity index is 119. The summed E-state index contributed by atoms with van der Waals surface area (Å²) in [5.41, 5.74) is 0. The molecule has 1 atom stereocenters. The van der Waals surface area contributed by atoms with Crippen molar-refractivity contribution in [3.8, 4) is 0 Å². The van der Waals surface area contributed by atoms with Gasteiger partial charge in [-0.2, -0.15) is 10.2 Å². The molecule has 0 aliphatic rings. The molecule has 0 aliphatic carbocycles. The fraction of sp³-hybridized carbons (Fsp3) is 1.00. The first kappa shape index (κ1) is 9.89. The third-order valence-corrected chi connectivity index (χ3v) is 1.49. The van der Waals surface area contributed by atoms with E-state index in [-0.39, 0.29) is 6.04 Å². The number of rotatable bonds is 3. The predicted molar refractivity (Wildman–Crippen MR) is 44.5 cm³/mol. The summed E-state index contributed by atoms with van der Waals surface area (Å²) in [7, 11) is 0. The number of hydrogen-bond acceptors (Lipinski definition) is 2.